The van der Waals surface area contributed by atoms with Crippen LogP contribution in [-0.4, -0.2) is 25.0 Å². The molecule has 1 N–H and O–H groups in total. The number of carbonyl (C=O) groups excluding carboxylic acids is 1. The highest BCUT2D eigenvalue weighted by atomic mass is 32.2. The zero-order valence-corrected chi connectivity index (χ0v) is 17.3. The maximum atomic E-state index is 12.5. The first kappa shape index (κ1) is 19.4. The van der Waals surface area contributed by atoms with Gasteiger partial charge in [0.15, 0.2) is 0 Å². The molecule has 0 aliphatic carbocycles. The van der Waals surface area contributed by atoms with Crippen LogP contribution in [0.15, 0.2) is 82.1 Å². The first-order valence-corrected chi connectivity index (χ1v) is 11.4. The Hall–Kier alpha value is -2.97. The number of amides is 1. The summed E-state index contributed by atoms with van der Waals surface area (Å²) >= 11 is 1.60. The molecule has 1 aliphatic rings. The molecule has 3 aromatic rings. The molecular formula is C21H19N3O3S2. The van der Waals surface area contributed by atoms with Crippen LogP contribution in [0.2, 0.25) is 0 Å². The van der Waals surface area contributed by atoms with E-state index in [4.69, 9.17) is 0 Å². The maximum absolute atomic E-state index is 12.5. The largest absolute Gasteiger partial charge is 0.280 e. The highest BCUT2D eigenvalue weighted by Crippen LogP contribution is 2.35. The van der Waals surface area contributed by atoms with Gasteiger partial charge in [0.1, 0.15) is 0 Å². The second-order valence-electron chi connectivity index (χ2n) is 6.64. The van der Waals surface area contributed by atoms with Crippen molar-refractivity contribution in [1.29, 1.82) is 0 Å². The first-order chi connectivity index (χ1) is 13.9. The van der Waals surface area contributed by atoms with Gasteiger partial charge < -0.3 is 0 Å². The van der Waals surface area contributed by atoms with Crippen molar-refractivity contribution in [3.8, 4) is 0 Å². The van der Waals surface area contributed by atoms with Gasteiger partial charge in [0.25, 0.3) is 10.0 Å². The molecule has 0 spiro atoms. The summed E-state index contributed by atoms with van der Waals surface area (Å²) in [5.74, 6) is -0.106. The molecule has 1 aliphatic heterocycles. The average Bonchev–Trinajstić information content (AvgIpc) is 3.39. The summed E-state index contributed by atoms with van der Waals surface area (Å²) in [6.07, 6.45) is 0.620. The fourth-order valence-electron chi connectivity index (χ4n) is 3.22. The molecule has 0 fully saturated rings. The summed E-state index contributed by atoms with van der Waals surface area (Å²) in [6, 6.07) is 19.1. The molecule has 6 nitrogen and oxygen atoms in total. The van der Waals surface area contributed by atoms with Gasteiger partial charge in [0, 0.05) is 23.9 Å². The van der Waals surface area contributed by atoms with Gasteiger partial charge in [-0.2, -0.15) is 5.10 Å². The maximum Gasteiger partial charge on any atom is 0.261 e. The first-order valence-electron chi connectivity index (χ1n) is 9.03. The molecule has 148 valence electrons. The lowest BCUT2D eigenvalue weighted by Crippen LogP contribution is -2.23. The van der Waals surface area contributed by atoms with Crippen LogP contribution in [0.1, 0.15) is 29.8 Å². The summed E-state index contributed by atoms with van der Waals surface area (Å²) in [5, 5.41) is 8.02. The van der Waals surface area contributed by atoms with Gasteiger partial charge in [-0.25, -0.2) is 13.4 Å². The number of hydrogen-bond donors (Lipinski definition) is 1. The van der Waals surface area contributed by atoms with E-state index in [0.717, 1.165) is 16.2 Å². The predicted molar refractivity (Wildman–Crippen MR) is 114 cm³/mol. The van der Waals surface area contributed by atoms with E-state index >= 15 is 0 Å². The van der Waals surface area contributed by atoms with E-state index < -0.39 is 10.0 Å². The molecule has 1 atom stereocenters. The summed E-state index contributed by atoms with van der Waals surface area (Å²) in [5.41, 5.74) is 2.13. The van der Waals surface area contributed by atoms with Crippen LogP contribution in [0.4, 0.5) is 5.69 Å². The smallest absolute Gasteiger partial charge is 0.261 e. The number of nitrogens with zero attached hydrogens (tertiary/aromatic N) is 2. The molecule has 2 heterocycles. The van der Waals surface area contributed by atoms with Crippen LogP contribution in [0.25, 0.3) is 0 Å². The summed E-state index contributed by atoms with van der Waals surface area (Å²) in [4.78, 5) is 13.3. The summed E-state index contributed by atoms with van der Waals surface area (Å²) < 4.78 is 27.5. The number of thiophene rings is 1. The van der Waals surface area contributed by atoms with Crippen molar-refractivity contribution in [3.05, 3.63) is 82.6 Å². The van der Waals surface area contributed by atoms with Crippen molar-refractivity contribution in [2.45, 2.75) is 24.3 Å². The van der Waals surface area contributed by atoms with Crippen LogP contribution in [0.5, 0.6) is 0 Å². The number of hydrazone groups is 1. The van der Waals surface area contributed by atoms with Gasteiger partial charge in [0.2, 0.25) is 5.91 Å². The van der Waals surface area contributed by atoms with E-state index in [0.29, 0.717) is 12.1 Å². The summed E-state index contributed by atoms with van der Waals surface area (Å²) in [6.45, 7) is 1.51. The Morgan fingerprint density at radius 2 is 1.79 bits per heavy atom. The van der Waals surface area contributed by atoms with Crippen molar-refractivity contribution >= 4 is 38.7 Å². The normalized spacial score (nSPS) is 16.5. The second-order valence-corrected chi connectivity index (χ2v) is 9.30. The van der Waals surface area contributed by atoms with Crippen LogP contribution in [0, 0.1) is 0 Å². The number of nitrogens with one attached hydrogen (secondary N) is 1. The lowest BCUT2D eigenvalue weighted by molar-refractivity contribution is -0.130. The van der Waals surface area contributed by atoms with Crippen LogP contribution >= 0.6 is 11.3 Å². The monoisotopic (exact) mass is 425 g/mol. The van der Waals surface area contributed by atoms with Gasteiger partial charge in [0.05, 0.1) is 16.6 Å². The van der Waals surface area contributed by atoms with Crippen molar-refractivity contribution in [2.24, 2.45) is 5.10 Å². The molecular weight excluding hydrogens is 406 g/mol. The van der Waals surface area contributed by atoms with Gasteiger partial charge in [-0.3, -0.25) is 9.52 Å². The van der Waals surface area contributed by atoms with E-state index in [1.807, 2.05) is 29.6 Å². The standard InChI is InChI=1S/C21H19N3O3S2/c1-15(25)24-20(21-8-5-13-28-21)14-19(22-24)16-9-11-17(12-10-16)23-29(26,27)18-6-3-2-4-7-18/h2-13,20,23H,14H2,1H3/t20-/m1/s1. The minimum atomic E-state index is -3.64. The summed E-state index contributed by atoms with van der Waals surface area (Å²) in [7, 11) is -3.64. The Balaban J connectivity index is 1.54. The number of anilines is 1. The Morgan fingerprint density at radius 1 is 1.07 bits per heavy atom. The number of hydrogen-bond acceptors (Lipinski definition) is 5. The van der Waals surface area contributed by atoms with Crippen molar-refractivity contribution in [1.82, 2.24) is 5.01 Å². The number of rotatable bonds is 5. The van der Waals surface area contributed by atoms with Crippen molar-refractivity contribution in [2.75, 3.05) is 4.72 Å². The third-order valence-electron chi connectivity index (χ3n) is 4.63. The molecule has 4 rings (SSSR count). The highest BCUT2D eigenvalue weighted by molar-refractivity contribution is 7.92. The molecule has 0 saturated heterocycles. The topological polar surface area (TPSA) is 78.8 Å². The molecule has 0 unspecified atom stereocenters. The van der Waals surface area contributed by atoms with Gasteiger partial charge in [-0.05, 0) is 41.3 Å². The Morgan fingerprint density at radius 3 is 2.41 bits per heavy atom. The zero-order chi connectivity index (χ0) is 20.4. The highest BCUT2D eigenvalue weighted by Gasteiger charge is 2.31. The molecule has 0 bridgehead atoms. The van der Waals surface area contributed by atoms with Gasteiger partial charge in [-0.1, -0.05) is 36.4 Å². The zero-order valence-electron chi connectivity index (χ0n) is 15.6. The van der Waals surface area contributed by atoms with Crippen molar-refractivity contribution < 1.29 is 13.2 Å². The van der Waals surface area contributed by atoms with Crippen LogP contribution in [-0.2, 0) is 14.8 Å². The Bertz CT molecular complexity index is 1140. The van der Waals surface area contributed by atoms with Crippen LogP contribution < -0.4 is 4.72 Å². The number of benzene rings is 2. The van der Waals surface area contributed by atoms with Gasteiger partial charge >= 0.3 is 0 Å². The molecule has 1 aromatic heterocycles. The predicted octanol–water partition coefficient (Wildman–Crippen LogP) is 4.25. The fourth-order valence-corrected chi connectivity index (χ4v) is 5.11. The van der Waals surface area contributed by atoms with E-state index in [-0.39, 0.29) is 16.8 Å². The SMILES string of the molecule is CC(=O)N1N=C(c2ccc(NS(=O)(=O)c3ccccc3)cc2)C[C@@H]1c1cccs1. The molecule has 2 aromatic carbocycles. The van der Waals surface area contributed by atoms with E-state index in [1.165, 1.54) is 11.9 Å². The molecule has 0 saturated carbocycles. The second kappa shape index (κ2) is 7.81. The van der Waals surface area contributed by atoms with E-state index in [2.05, 4.69) is 9.82 Å². The third-order valence-corrected chi connectivity index (χ3v) is 7.00. The Labute approximate surface area is 173 Å². The lowest BCUT2D eigenvalue weighted by Gasteiger charge is -2.18. The lowest BCUT2D eigenvalue weighted by atomic mass is 10.0. The third kappa shape index (κ3) is 4.08. The molecule has 0 radical (unpaired) electrons. The fraction of sp³-hybridized carbons (Fsp3) is 0.143. The quantitative estimate of drug-likeness (QED) is 0.664. The Kier molecular flexibility index (Phi) is 5.21. The molecule has 8 heteroatoms. The molecule has 1 amide bonds. The minimum absolute atomic E-state index is 0.0984. The van der Waals surface area contributed by atoms with E-state index in [9.17, 15) is 13.2 Å². The number of sulfonamides is 1. The van der Waals surface area contributed by atoms with E-state index in [1.54, 1.807) is 53.8 Å². The van der Waals surface area contributed by atoms with Crippen molar-refractivity contribution in [3.63, 3.8) is 0 Å². The average molecular weight is 426 g/mol. The van der Waals surface area contributed by atoms with Crippen LogP contribution in [0.3, 0.4) is 0 Å². The van der Waals surface area contributed by atoms with Gasteiger partial charge in [-0.15, -0.1) is 11.3 Å². The minimum Gasteiger partial charge on any atom is -0.280 e. The molecule has 29 heavy (non-hydrogen) atoms. The number of carbonyl (C=O) groups is 1.